The van der Waals surface area contributed by atoms with Gasteiger partial charge in [0.25, 0.3) is 0 Å². The number of rotatable bonds is 2. The molecule has 0 amide bonds. The fraction of sp³-hybridized carbons (Fsp3) is 1.00. The third-order valence-corrected chi connectivity index (χ3v) is 5.83. The Kier molecular flexibility index (Phi) is 2.53. The molecule has 14 heavy (non-hydrogen) atoms. The van der Waals surface area contributed by atoms with Gasteiger partial charge in [-0.1, -0.05) is 0 Å². The Morgan fingerprint density at radius 1 is 0.714 bits per heavy atom. The van der Waals surface area contributed by atoms with E-state index in [0.717, 1.165) is 0 Å². The number of fused-ring (bicyclic) bond motifs is 3. The van der Waals surface area contributed by atoms with Crippen LogP contribution < -0.4 is 0 Å². The fourth-order valence-electron chi connectivity index (χ4n) is 2.23. The van der Waals surface area contributed by atoms with Gasteiger partial charge in [0.2, 0.25) is 0 Å². The molecule has 0 aliphatic carbocycles. The Morgan fingerprint density at radius 3 is 1.07 bits per heavy atom. The highest BCUT2D eigenvalue weighted by Crippen LogP contribution is 2.28. The second-order valence-electron chi connectivity index (χ2n) is 3.92. The summed E-state index contributed by atoms with van der Waals surface area (Å²) in [5.41, 5.74) is 0. The molecule has 2 bridgehead atoms. The van der Waals surface area contributed by atoms with Gasteiger partial charge in [-0.2, -0.15) is 16.2 Å². The molecule has 3 rings (SSSR count). The van der Waals surface area contributed by atoms with Crippen LogP contribution in [0.3, 0.4) is 0 Å². The molecule has 3 fully saturated rings. The maximum Gasteiger partial charge on any atom is 0.359 e. The molecule has 0 saturated carbocycles. The van der Waals surface area contributed by atoms with Crippen LogP contribution in [0.2, 0.25) is 0 Å². The van der Waals surface area contributed by atoms with Crippen molar-refractivity contribution in [2.75, 3.05) is 39.3 Å². The van der Waals surface area contributed by atoms with E-state index >= 15 is 0 Å². The lowest BCUT2D eigenvalue weighted by Gasteiger charge is -2.49. The summed E-state index contributed by atoms with van der Waals surface area (Å²) in [7, 11) is 0. The third-order valence-electron chi connectivity index (χ3n) is 3.41. The van der Waals surface area contributed by atoms with E-state index in [-0.39, 0.29) is 7.78 Å². The van der Waals surface area contributed by atoms with Crippen molar-refractivity contribution in [2.45, 2.75) is 0 Å². The summed E-state index contributed by atoms with van der Waals surface area (Å²) in [4.78, 5) is 0. The first-order valence-electron chi connectivity index (χ1n) is 4.46. The highest BCUT2D eigenvalue weighted by atomic mass is 32.2. The molecule has 3 aliphatic rings. The van der Waals surface area contributed by atoms with E-state index in [2.05, 4.69) is 0 Å². The van der Waals surface area contributed by atoms with Gasteiger partial charge < -0.3 is 0 Å². The van der Waals surface area contributed by atoms with Gasteiger partial charge in [0.1, 0.15) is 39.3 Å². The Morgan fingerprint density at radius 2 is 0.929 bits per heavy atom. The van der Waals surface area contributed by atoms with E-state index in [4.69, 9.17) is 0 Å². The molecule has 82 valence electrons. The minimum absolute atomic E-state index is 0.192. The van der Waals surface area contributed by atoms with Crippen molar-refractivity contribution in [2.24, 2.45) is 0 Å². The van der Waals surface area contributed by atoms with Crippen molar-refractivity contribution >= 4 is 22.5 Å². The molecular formula is C6H14N2O4S2+2. The predicted molar refractivity (Wildman–Crippen MR) is 51.3 cm³/mol. The van der Waals surface area contributed by atoms with Crippen LogP contribution in [0.1, 0.15) is 0 Å². The molecule has 6 nitrogen and oxygen atoms in total. The van der Waals surface area contributed by atoms with Crippen molar-refractivity contribution < 1.29 is 25.3 Å². The number of hydrogen-bond acceptors (Lipinski definition) is 2. The molecule has 0 aromatic rings. The third kappa shape index (κ3) is 1.37. The summed E-state index contributed by atoms with van der Waals surface area (Å²) >= 11 is -3.71. The van der Waals surface area contributed by atoms with Gasteiger partial charge in [0, 0.05) is 0 Å². The largest absolute Gasteiger partial charge is 0.359 e. The summed E-state index contributed by atoms with van der Waals surface area (Å²) < 4.78 is 41.0. The number of nitrogens with zero attached hydrogens (tertiary/aromatic N) is 2. The Bertz CT molecular complexity index is 254. The van der Waals surface area contributed by atoms with Crippen LogP contribution in [0.4, 0.5) is 0 Å². The van der Waals surface area contributed by atoms with Crippen LogP contribution in [0.5, 0.6) is 0 Å². The fourth-order valence-corrected chi connectivity index (χ4v) is 3.66. The number of piperazine rings is 3. The molecule has 3 aliphatic heterocycles. The summed E-state index contributed by atoms with van der Waals surface area (Å²) in [5.74, 6) is 0. The summed E-state index contributed by atoms with van der Waals surface area (Å²) in [6, 6.07) is 0. The van der Waals surface area contributed by atoms with Crippen LogP contribution in [0.25, 0.3) is 0 Å². The van der Waals surface area contributed by atoms with Gasteiger partial charge in [-0.15, -0.1) is 0 Å². The summed E-state index contributed by atoms with van der Waals surface area (Å²) in [5, 5.41) is 0. The minimum Gasteiger partial charge on any atom is -0.261 e. The standard InChI is InChI=1S/C6H12N2O4S2/c9-13(10)7-1-2-8(5-3-7,6-4-7)14(11)12/h1-6H2/p+2. The Hall–Kier alpha value is 0.140. The lowest BCUT2D eigenvalue weighted by molar-refractivity contribution is -0.972. The number of quaternary nitrogens is 2. The second-order valence-corrected chi connectivity index (χ2v) is 6.39. The average molecular weight is 242 g/mol. The molecule has 2 unspecified atom stereocenters. The topological polar surface area (TPSA) is 74.6 Å². The smallest absolute Gasteiger partial charge is 0.261 e. The molecule has 8 heteroatoms. The second kappa shape index (κ2) is 3.32. The zero-order valence-electron chi connectivity index (χ0n) is 7.66. The van der Waals surface area contributed by atoms with Gasteiger partial charge >= 0.3 is 22.5 Å². The van der Waals surface area contributed by atoms with Crippen LogP contribution >= 0.6 is 0 Å². The molecular weight excluding hydrogens is 228 g/mol. The SMILES string of the molecule is O=S(O)[N+]12CC[N+](S(=O)O)(CC1)CC2. The van der Waals surface area contributed by atoms with Crippen molar-refractivity contribution in [1.82, 2.24) is 0 Å². The van der Waals surface area contributed by atoms with Crippen LogP contribution in [0, 0.1) is 0 Å². The maximum absolute atomic E-state index is 11.1. The number of hydrogen-bond donors (Lipinski definition) is 2. The van der Waals surface area contributed by atoms with E-state index in [1.54, 1.807) is 0 Å². The lowest BCUT2D eigenvalue weighted by Crippen LogP contribution is -2.75. The summed E-state index contributed by atoms with van der Waals surface area (Å²) in [6.45, 7) is 3.14. The van der Waals surface area contributed by atoms with E-state index in [1.807, 2.05) is 0 Å². The van der Waals surface area contributed by atoms with Crippen molar-refractivity contribution in [1.29, 1.82) is 0 Å². The highest BCUT2D eigenvalue weighted by Gasteiger charge is 2.55. The monoisotopic (exact) mass is 242 g/mol. The van der Waals surface area contributed by atoms with Gasteiger partial charge in [0.15, 0.2) is 0 Å². The first kappa shape index (κ1) is 10.7. The molecule has 0 aromatic carbocycles. The zero-order valence-corrected chi connectivity index (χ0v) is 9.30. The average Bonchev–Trinajstić information content (AvgIpc) is 2.20. The summed E-state index contributed by atoms with van der Waals surface area (Å²) in [6.07, 6.45) is 0. The van der Waals surface area contributed by atoms with Crippen LogP contribution in [-0.2, 0) is 22.5 Å². The first-order valence-corrected chi connectivity index (χ1v) is 6.59. The van der Waals surface area contributed by atoms with Gasteiger partial charge in [-0.25, -0.2) is 0 Å². The van der Waals surface area contributed by atoms with Crippen molar-refractivity contribution in [3.8, 4) is 0 Å². The lowest BCUT2D eigenvalue weighted by atomic mass is 10.2. The van der Waals surface area contributed by atoms with E-state index in [9.17, 15) is 17.5 Å². The molecule has 2 atom stereocenters. The Balaban J connectivity index is 2.21. The van der Waals surface area contributed by atoms with Gasteiger partial charge in [0.05, 0.1) is 0 Å². The van der Waals surface area contributed by atoms with Crippen LogP contribution in [0.15, 0.2) is 0 Å². The maximum atomic E-state index is 11.1. The zero-order chi connectivity index (χ0) is 10.4. The van der Waals surface area contributed by atoms with E-state index < -0.39 is 22.5 Å². The van der Waals surface area contributed by atoms with Crippen molar-refractivity contribution in [3.63, 3.8) is 0 Å². The normalized spacial score (nSPS) is 46.1. The van der Waals surface area contributed by atoms with Crippen LogP contribution in [-0.4, -0.2) is 64.6 Å². The quantitative estimate of drug-likeness (QED) is 0.477. The van der Waals surface area contributed by atoms with Crippen molar-refractivity contribution in [3.05, 3.63) is 0 Å². The molecule has 3 saturated heterocycles. The molecule has 2 N–H and O–H groups in total. The van der Waals surface area contributed by atoms with E-state index in [1.165, 1.54) is 0 Å². The van der Waals surface area contributed by atoms with E-state index in [0.29, 0.717) is 39.3 Å². The molecule has 3 heterocycles. The Labute approximate surface area is 87.5 Å². The van der Waals surface area contributed by atoms with Gasteiger partial charge in [-0.3, -0.25) is 9.11 Å². The highest BCUT2D eigenvalue weighted by molar-refractivity contribution is 7.73. The first-order chi connectivity index (χ1) is 6.51. The molecule has 0 spiro atoms. The molecule has 0 radical (unpaired) electrons. The molecule has 0 aromatic heterocycles. The van der Waals surface area contributed by atoms with Gasteiger partial charge in [-0.05, 0) is 0 Å². The minimum atomic E-state index is -1.86. The predicted octanol–water partition coefficient (Wildman–Crippen LogP) is -1.08.